The second-order valence-electron chi connectivity index (χ2n) is 16.6. The standard InChI is InChI=1S/C43H51N3O2/c1-27-19-33(46-37-16-15-31(41(3,4)5)24-36(37)38-28(2)17-18-44-39(38)46)25-34(20-27)48-35-22-29(21-32(23-35)42(6,7)8)40-45-43(9,26-47-40)30-13-11-10-12-14-30/h15-25,30H,10-14,26H2,1-9H3/t43-/m0/s1. The smallest absolute Gasteiger partial charge is 0.216 e. The lowest BCUT2D eigenvalue weighted by Crippen LogP contribution is -2.35. The number of aliphatic imine (C=N–C) groups is 1. The number of hydrogen-bond donors (Lipinski definition) is 0. The normalized spacial score (nSPS) is 19.1. The van der Waals surface area contributed by atoms with Gasteiger partial charge in [-0.25, -0.2) is 9.98 Å². The Kier molecular flexibility index (Phi) is 7.96. The van der Waals surface area contributed by atoms with Gasteiger partial charge in [0.15, 0.2) is 0 Å². The molecule has 3 heterocycles. The van der Waals surface area contributed by atoms with E-state index in [0.29, 0.717) is 12.5 Å². The zero-order valence-corrected chi connectivity index (χ0v) is 30.3. The first kappa shape index (κ1) is 32.4. The molecular formula is C43H51N3O2. The number of aromatic nitrogens is 2. The molecule has 5 heteroatoms. The number of ether oxygens (including phenoxy) is 2. The van der Waals surface area contributed by atoms with Gasteiger partial charge in [-0.3, -0.25) is 4.57 Å². The van der Waals surface area contributed by atoms with Crippen LogP contribution in [-0.2, 0) is 15.6 Å². The third kappa shape index (κ3) is 6.01. The molecule has 2 aromatic heterocycles. The monoisotopic (exact) mass is 641 g/mol. The largest absolute Gasteiger partial charge is 0.475 e. The van der Waals surface area contributed by atoms with Gasteiger partial charge in [-0.05, 0) is 121 Å². The number of pyridine rings is 1. The molecule has 2 aliphatic rings. The number of benzene rings is 3. The molecule has 1 fully saturated rings. The van der Waals surface area contributed by atoms with Crippen LogP contribution in [0.25, 0.3) is 27.6 Å². The van der Waals surface area contributed by atoms with Crippen molar-refractivity contribution in [2.24, 2.45) is 10.9 Å². The average Bonchev–Trinajstić information content (AvgIpc) is 3.60. The lowest BCUT2D eigenvalue weighted by Gasteiger charge is -2.32. The maximum Gasteiger partial charge on any atom is 0.216 e. The Morgan fingerprint density at radius 3 is 2.27 bits per heavy atom. The minimum Gasteiger partial charge on any atom is -0.475 e. The molecule has 250 valence electrons. The molecule has 1 saturated carbocycles. The van der Waals surface area contributed by atoms with Crippen LogP contribution in [0.3, 0.4) is 0 Å². The highest BCUT2D eigenvalue weighted by Crippen LogP contribution is 2.41. The zero-order chi connectivity index (χ0) is 34.0. The second kappa shape index (κ2) is 11.8. The van der Waals surface area contributed by atoms with Crippen molar-refractivity contribution < 1.29 is 9.47 Å². The summed E-state index contributed by atoms with van der Waals surface area (Å²) in [6.07, 6.45) is 8.32. The van der Waals surface area contributed by atoms with Gasteiger partial charge < -0.3 is 9.47 Å². The van der Waals surface area contributed by atoms with E-state index in [9.17, 15) is 0 Å². The molecule has 0 amide bonds. The van der Waals surface area contributed by atoms with Crippen molar-refractivity contribution in [2.45, 2.75) is 111 Å². The molecule has 1 atom stereocenters. The van der Waals surface area contributed by atoms with E-state index in [4.69, 9.17) is 19.5 Å². The summed E-state index contributed by atoms with van der Waals surface area (Å²) >= 11 is 0. The van der Waals surface area contributed by atoms with Crippen LogP contribution >= 0.6 is 0 Å². The van der Waals surface area contributed by atoms with Crippen LogP contribution < -0.4 is 4.74 Å². The number of fused-ring (bicyclic) bond motifs is 3. The summed E-state index contributed by atoms with van der Waals surface area (Å²) in [4.78, 5) is 10.2. The Hall–Kier alpha value is -4.12. The second-order valence-corrected chi connectivity index (χ2v) is 16.6. The first-order valence-electron chi connectivity index (χ1n) is 17.8. The van der Waals surface area contributed by atoms with Crippen molar-refractivity contribution >= 4 is 27.8 Å². The van der Waals surface area contributed by atoms with E-state index in [2.05, 4.69) is 128 Å². The van der Waals surface area contributed by atoms with E-state index >= 15 is 0 Å². The Labute approximate surface area is 286 Å². The molecule has 1 aliphatic carbocycles. The van der Waals surface area contributed by atoms with Gasteiger partial charge in [0, 0.05) is 28.6 Å². The lowest BCUT2D eigenvalue weighted by atomic mass is 9.76. The van der Waals surface area contributed by atoms with Crippen LogP contribution in [0, 0.1) is 19.8 Å². The van der Waals surface area contributed by atoms with Gasteiger partial charge in [0.2, 0.25) is 5.90 Å². The van der Waals surface area contributed by atoms with Gasteiger partial charge in [-0.2, -0.15) is 0 Å². The van der Waals surface area contributed by atoms with Crippen molar-refractivity contribution in [3.63, 3.8) is 0 Å². The van der Waals surface area contributed by atoms with Crippen molar-refractivity contribution in [1.29, 1.82) is 0 Å². The molecule has 0 bridgehead atoms. The summed E-state index contributed by atoms with van der Waals surface area (Å²) in [6.45, 7) is 20.8. The van der Waals surface area contributed by atoms with E-state index in [1.165, 1.54) is 59.6 Å². The minimum absolute atomic E-state index is 0.0487. The number of hydrogen-bond acceptors (Lipinski definition) is 4. The van der Waals surface area contributed by atoms with Crippen molar-refractivity contribution in [2.75, 3.05) is 6.61 Å². The fourth-order valence-corrected chi connectivity index (χ4v) is 7.68. The molecule has 0 N–H and O–H groups in total. The topological polar surface area (TPSA) is 48.6 Å². The van der Waals surface area contributed by atoms with E-state index < -0.39 is 0 Å². The fraction of sp³-hybridized carbons (Fsp3) is 0.442. The summed E-state index contributed by atoms with van der Waals surface area (Å²) in [6, 6.07) is 21.9. The highest BCUT2D eigenvalue weighted by atomic mass is 16.5. The summed E-state index contributed by atoms with van der Waals surface area (Å²) in [7, 11) is 0. The van der Waals surface area contributed by atoms with Crippen molar-refractivity contribution in [3.8, 4) is 17.2 Å². The molecule has 0 spiro atoms. The summed E-state index contributed by atoms with van der Waals surface area (Å²) in [5.41, 5.74) is 8.79. The molecular weight excluding hydrogens is 590 g/mol. The Morgan fingerprint density at radius 1 is 0.812 bits per heavy atom. The Bertz CT molecular complexity index is 2050. The van der Waals surface area contributed by atoms with Gasteiger partial charge >= 0.3 is 0 Å². The molecule has 5 aromatic rings. The van der Waals surface area contributed by atoms with Crippen molar-refractivity contribution in [1.82, 2.24) is 9.55 Å². The maximum atomic E-state index is 6.77. The van der Waals surface area contributed by atoms with Gasteiger partial charge in [-0.1, -0.05) is 66.9 Å². The van der Waals surface area contributed by atoms with Crippen LogP contribution in [-0.4, -0.2) is 27.6 Å². The SMILES string of the molecule is Cc1cc(Oc2cc(C3=N[C@](C)(C4CCCCC4)CO3)cc(C(C)(C)C)c2)cc(-n2c3ccc(C(C)(C)C)cc3c3c(C)ccnc32)c1. The Morgan fingerprint density at radius 2 is 1.54 bits per heavy atom. The van der Waals surface area contributed by atoms with Gasteiger partial charge in [0.1, 0.15) is 23.8 Å². The summed E-state index contributed by atoms with van der Waals surface area (Å²) in [5, 5.41) is 2.43. The fourth-order valence-electron chi connectivity index (χ4n) is 7.68. The van der Waals surface area contributed by atoms with Crippen molar-refractivity contribution in [3.05, 3.63) is 94.7 Å². The molecule has 3 aromatic carbocycles. The predicted octanol–water partition coefficient (Wildman–Crippen LogP) is 11.3. The molecule has 48 heavy (non-hydrogen) atoms. The number of rotatable bonds is 5. The quantitative estimate of drug-likeness (QED) is 0.192. The van der Waals surface area contributed by atoms with Crippen LogP contribution in [0.15, 0.2) is 71.9 Å². The lowest BCUT2D eigenvalue weighted by molar-refractivity contribution is 0.170. The first-order chi connectivity index (χ1) is 22.7. The average molecular weight is 642 g/mol. The minimum atomic E-state index is -0.164. The van der Waals surface area contributed by atoms with E-state index in [1.807, 2.05) is 6.20 Å². The summed E-state index contributed by atoms with van der Waals surface area (Å²) in [5.74, 6) is 2.90. The molecule has 7 rings (SSSR count). The van der Waals surface area contributed by atoms with Gasteiger partial charge in [0.25, 0.3) is 0 Å². The zero-order valence-electron chi connectivity index (χ0n) is 30.3. The third-order valence-electron chi connectivity index (χ3n) is 10.6. The van der Waals surface area contributed by atoms with Crippen LogP contribution in [0.4, 0.5) is 0 Å². The van der Waals surface area contributed by atoms with E-state index in [-0.39, 0.29) is 16.4 Å². The van der Waals surface area contributed by atoms with E-state index in [1.54, 1.807) is 0 Å². The highest BCUT2D eigenvalue weighted by molar-refractivity contribution is 6.09. The van der Waals surface area contributed by atoms with Crippen LogP contribution in [0.2, 0.25) is 0 Å². The summed E-state index contributed by atoms with van der Waals surface area (Å²) < 4.78 is 15.4. The van der Waals surface area contributed by atoms with Gasteiger partial charge in [-0.15, -0.1) is 0 Å². The molecule has 0 radical (unpaired) electrons. The number of nitrogens with zero attached hydrogens (tertiary/aromatic N) is 3. The number of aryl methyl sites for hydroxylation is 2. The van der Waals surface area contributed by atoms with E-state index in [0.717, 1.165) is 45.4 Å². The first-order valence-corrected chi connectivity index (χ1v) is 17.8. The highest BCUT2D eigenvalue weighted by Gasteiger charge is 2.40. The third-order valence-corrected chi connectivity index (χ3v) is 10.6. The van der Waals surface area contributed by atoms with Crippen LogP contribution in [0.5, 0.6) is 11.5 Å². The molecule has 0 saturated heterocycles. The molecule has 0 unspecified atom stereocenters. The predicted molar refractivity (Wildman–Crippen MR) is 199 cm³/mol. The Balaban J connectivity index is 1.30. The van der Waals surface area contributed by atoms with Crippen LogP contribution in [0.1, 0.15) is 108 Å². The van der Waals surface area contributed by atoms with Gasteiger partial charge in [0.05, 0.1) is 16.7 Å². The maximum absolute atomic E-state index is 6.77. The molecule has 1 aliphatic heterocycles. The molecule has 5 nitrogen and oxygen atoms in total.